The second-order valence-corrected chi connectivity index (χ2v) is 5.92. The van der Waals surface area contributed by atoms with Crippen molar-refractivity contribution in [1.82, 2.24) is 0 Å². The van der Waals surface area contributed by atoms with Gasteiger partial charge in [0.25, 0.3) is 5.06 Å². The Morgan fingerprint density at radius 3 is 2.76 bits per heavy atom. The fourth-order valence-electron chi connectivity index (χ4n) is 1.78. The molecule has 21 heavy (non-hydrogen) atoms. The molecule has 112 valence electrons. The third kappa shape index (κ3) is 3.53. The summed E-state index contributed by atoms with van der Waals surface area (Å²) in [5.74, 6) is 0.485. The van der Waals surface area contributed by atoms with E-state index in [0.29, 0.717) is 15.6 Å². The van der Waals surface area contributed by atoms with Crippen molar-refractivity contribution < 1.29 is 14.8 Å². The van der Waals surface area contributed by atoms with E-state index in [2.05, 4.69) is 0 Å². The van der Waals surface area contributed by atoms with Crippen molar-refractivity contribution >= 4 is 28.6 Å². The van der Waals surface area contributed by atoms with Crippen molar-refractivity contribution in [3.63, 3.8) is 0 Å². The molecule has 0 saturated carbocycles. The normalized spacial score (nSPS) is 12.2. The molecule has 0 bridgehead atoms. The van der Waals surface area contributed by atoms with E-state index in [4.69, 9.17) is 16.3 Å². The fourth-order valence-corrected chi connectivity index (χ4v) is 2.96. The molecule has 0 amide bonds. The third-order valence-electron chi connectivity index (χ3n) is 2.92. The average Bonchev–Trinajstić information content (AvgIpc) is 2.85. The summed E-state index contributed by atoms with van der Waals surface area (Å²) in [6, 6.07) is 6.45. The van der Waals surface area contributed by atoms with Crippen LogP contribution in [0.1, 0.15) is 30.4 Å². The maximum Gasteiger partial charge on any atom is 0.323 e. The predicted molar refractivity (Wildman–Crippen MR) is 82.5 cm³/mol. The van der Waals surface area contributed by atoms with Crippen molar-refractivity contribution in [2.45, 2.75) is 26.4 Å². The highest BCUT2D eigenvalue weighted by atomic mass is 35.5. The van der Waals surface area contributed by atoms with E-state index >= 15 is 0 Å². The Bertz CT molecular complexity index is 669. The minimum Gasteiger partial charge on any atom is -0.440 e. The monoisotopic (exact) mass is 327 g/mol. The Morgan fingerprint density at radius 1 is 1.48 bits per heavy atom. The van der Waals surface area contributed by atoms with Crippen LogP contribution in [0.3, 0.4) is 0 Å². The number of hydrogen-bond acceptors (Lipinski definition) is 5. The first-order valence-electron chi connectivity index (χ1n) is 6.34. The van der Waals surface area contributed by atoms with Crippen LogP contribution in [0.4, 0.5) is 5.69 Å². The van der Waals surface area contributed by atoms with Gasteiger partial charge in [-0.3, -0.25) is 10.1 Å². The van der Waals surface area contributed by atoms with Gasteiger partial charge in [0, 0.05) is 16.0 Å². The Morgan fingerprint density at radius 2 is 2.19 bits per heavy atom. The molecule has 0 saturated heterocycles. The highest BCUT2D eigenvalue weighted by Crippen LogP contribution is 2.42. The summed E-state index contributed by atoms with van der Waals surface area (Å²) in [5.41, 5.74) is 0.757. The van der Waals surface area contributed by atoms with Crippen LogP contribution in [-0.2, 0) is 6.42 Å². The van der Waals surface area contributed by atoms with Gasteiger partial charge in [-0.2, -0.15) is 0 Å². The van der Waals surface area contributed by atoms with Gasteiger partial charge in [-0.15, -0.1) is 0 Å². The molecule has 0 aliphatic rings. The van der Waals surface area contributed by atoms with Gasteiger partial charge in [0.15, 0.2) is 0 Å². The van der Waals surface area contributed by atoms with Crippen LogP contribution in [0.15, 0.2) is 24.3 Å². The molecular weight excluding hydrogens is 314 g/mol. The van der Waals surface area contributed by atoms with Gasteiger partial charge in [-0.1, -0.05) is 29.9 Å². The maximum absolute atomic E-state index is 11.1. The number of hydrogen-bond donors (Lipinski definition) is 1. The van der Waals surface area contributed by atoms with E-state index in [1.54, 1.807) is 25.1 Å². The molecule has 1 aromatic carbocycles. The summed E-state index contributed by atoms with van der Waals surface area (Å²) < 4.78 is 5.61. The lowest BCUT2D eigenvalue weighted by atomic mass is 10.1. The molecule has 0 spiro atoms. The number of nitro groups is 1. The Balaban J connectivity index is 2.36. The summed E-state index contributed by atoms with van der Waals surface area (Å²) >= 11 is 7.09. The summed E-state index contributed by atoms with van der Waals surface area (Å²) in [4.78, 5) is 11.0. The summed E-state index contributed by atoms with van der Waals surface area (Å²) in [6.45, 7) is 3.51. The Kier molecular flexibility index (Phi) is 4.82. The van der Waals surface area contributed by atoms with E-state index < -0.39 is 11.0 Å². The van der Waals surface area contributed by atoms with Gasteiger partial charge < -0.3 is 9.84 Å². The van der Waals surface area contributed by atoms with E-state index in [9.17, 15) is 15.2 Å². The molecule has 0 aliphatic heterocycles. The maximum atomic E-state index is 11.1. The predicted octanol–water partition coefficient (Wildman–Crippen LogP) is 4.72. The first kappa shape index (κ1) is 15.8. The molecule has 0 fully saturated rings. The van der Waals surface area contributed by atoms with Gasteiger partial charge >= 0.3 is 5.69 Å². The zero-order valence-electron chi connectivity index (χ0n) is 11.5. The molecule has 0 aliphatic carbocycles. The van der Waals surface area contributed by atoms with Crippen LogP contribution >= 0.6 is 22.9 Å². The van der Waals surface area contributed by atoms with Gasteiger partial charge in [-0.05, 0) is 37.1 Å². The van der Waals surface area contributed by atoms with E-state index in [-0.39, 0.29) is 10.8 Å². The van der Waals surface area contributed by atoms with Gasteiger partial charge in [0.2, 0.25) is 0 Å². The van der Waals surface area contributed by atoms with Crippen molar-refractivity contribution in [2.24, 2.45) is 0 Å². The number of thiophene rings is 1. The topological polar surface area (TPSA) is 72.6 Å². The number of aliphatic hydroxyl groups is 1. The van der Waals surface area contributed by atoms with Gasteiger partial charge in [-0.25, -0.2) is 0 Å². The van der Waals surface area contributed by atoms with Crippen molar-refractivity contribution in [3.05, 3.63) is 49.8 Å². The highest BCUT2D eigenvalue weighted by Gasteiger charge is 2.23. The second-order valence-electron chi connectivity index (χ2n) is 4.46. The van der Waals surface area contributed by atoms with E-state index in [0.717, 1.165) is 23.3 Å². The number of halogens is 1. The minimum atomic E-state index is -0.775. The SMILES string of the molecule is CCc1cc(Oc2sc([C@H](C)O)cc2[N+](=O)[O-])ccc1Cl. The summed E-state index contributed by atoms with van der Waals surface area (Å²) in [6.07, 6.45) is -0.0379. The molecular formula is C14H14ClNO4S. The van der Waals surface area contributed by atoms with Crippen LogP contribution in [0.25, 0.3) is 0 Å². The average molecular weight is 328 g/mol. The highest BCUT2D eigenvalue weighted by molar-refractivity contribution is 7.14. The standard InChI is InChI=1S/C14H14ClNO4S/c1-3-9-6-10(4-5-11(9)15)20-14-12(16(18)19)7-13(21-14)8(2)17/h4-8,17H,3H2,1-2H3/t8-/m0/s1. The smallest absolute Gasteiger partial charge is 0.323 e. The number of nitrogens with zero attached hydrogens (tertiary/aromatic N) is 1. The number of aliphatic hydroxyl groups excluding tert-OH is 1. The second kappa shape index (κ2) is 6.43. The summed E-state index contributed by atoms with van der Waals surface area (Å²) in [7, 11) is 0. The number of aryl methyl sites for hydroxylation is 1. The molecule has 2 aromatic rings. The molecule has 1 heterocycles. The first-order valence-corrected chi connectivity index (χ1v) is 7.54. The number of rotatable bonds is 5. The van der Waals surface area contributed by atoms with E-state index in [1.165, 1.54) is 6.07 Å². The van der Waals surface area contributed by atoms with Crippen LogP contribution in [-0.4, -0.2) is 10.0 Å². The third-order valence-corrected chi connectivity index (χ3v) is 4.46. The molecule has 2 rings (SSSR count). The zero-order valence-corrected chi connectivity index (χ0v) is 13.1. The molecule has 7 heteroatoms. The van der Waals surface area contributed by atoms with Crippen LogP contribution in [0.2, 0.25) is 5.02 Å². The van der Waals surface area contributed by atoms with Crippen LogP contribution in [0, 0.1) is 10.1 Å². The Labute approximate surface area is 130 Å². The number of benzene rings is 1. The lowest BCUT2D eigenvalue weighted by molar-refractivity contribution is -0.385. The van der Waals surface area contributed by atoms with Crippen LogP contribution < -0.4 is 4.74 Å². The van der Waals surface area contributed by atoms with Crippen molar-refractivity contribution in [2.75, 3.05) is 0 Å². The lowest BCUT2D eigenvalue weighted by Gasteiger charge is -2.06. The van der Waals surface area contributed by atoms with Gasteiger partial charge in [0.05, 0.1) is 11.0 Å². The quantitative estimate of drug-likeness (QED) is 0.637. The van der Waals surface area contributed by atoms with Crippen molar-refractivity contribution in [1.29, 1.82) is 0 Å². The molecule has 1 N–H and O–H groups in total. The zero-order chi connectivity index (χ0) is 15.6. The largest absolute Gasteiger partial charge is 0.440 e. The molecule has 0 radical (unpaired) electrons. The molecule has 1 aromatic heterocycles. The fraction of sp³-hybridized carbons (Fsp3) is 0.286. The molecule has 5 nitrogen and oxygen atoms in total. The lowest BCUT2D eigenvalue weighted by Crippen LogP contribution is -1.90. The van der Waals surface area contributed by atoms with Crippen LogP contribution in [0.5, 0.6) is 10.8 Å². The van der Waals surface area contributed by atoms with Crippen molar-refractivity contribution in [3.8, 4) is 10.8 Å². The molecule has 0 unspecified atom stereocenters. The van der Waals surface area contributed by atoms with E-state index in [1.807, 2.05) is 6.92 Å². The minimum absolute atomic E-state index is 0.149. The summed E-state index contributed by atoms with van der Waals surface area (Å²) in [5, 5.41) is 21.4. The Hall–Kier alpha value is -1.63. The number of ether oxygens (including phenoxy) is 1. The first-order chi connectivity index (χ1) is 9.92. The van der Waals surface area contributed by atoms with Gasteiger partial charge in [0.1, 0.15) is 5.75 Å². The molecule has 1 atom stereocenters.